The molecule has 116 valence electrons. The SMILES string of the molecule is CC(O)CN(C(=O)NC1c2ccccc2CC1C)C(C)C. The molecule has 1 aromatic carbocycles. The summed E-state index contributed by atoms with van der Waals surface area (Å²) in [5.74, 6) is 0.395. The van der Waals surface area contributed by atoms with E-state index in [1.807, 2.05) is 26.0 Å². The van der Waals surface area contributed by atoms with Crippen molar-refractivity contribution in [3.63, 3.8) is 0 Å². The van der Waals surface area contributed by atoms with Gasteiger partial charge in [0.25, 0.3) is 0 Å². The molecule has 2 amide bonds. The lowest BCUT2D eigenvalue weighted by Gasteiger charge is -2.30. The Kier molecular flexibility index (Phi) is 4.88. The number of nitrogens with one attached hydrogen (secondary N) is 1. The maximum atomic E-state index is 12.5. The van der Waals surface area contributed by atoms with E-state index in [4.69, 9.17) is 0 Å². The number of urea groups is 1. The predicted molar refractivity (Wildman–Crippen MR) is 84.1 cm³/mol. The van der Waals surface area contributed by atoms with E-state index in [9.17, 15) is 9.90 Å². The van der Waals surface area contributed by atoms with Gasteiger partial charge < -0.3 is 15.3 Å². The molecule has 4 heteroatoms. The van der Waals surface area contributed by atoms with Crippen molar-refractivity contribution in [3.05, 3.63) is 35.4 Å². The molecule has 0 radical (unpaired) electrons. The van der Waals surface area contributed by atoms with Crippen LogP contribution in [0.1, 0.15) is 44.9 Å². The van der Waals surface area contributed by atoms with Crippen molar-refractivity contribution >= 4 is 6.03 Å². The Hall–Kier alpha value is -1.55. The highest BCUT2D eigenvalue weighted by Gasteiger charge is 2.31. The van der Waals surface area contributed by atoms with Crippen LogP contribution < -0.4 is 5.32 Å². The lowest BCUT2D eigenvalue weighted by atomic mass is 10.0. The summed E-state index contributed by atoms with van der Waals surface area (Å²) in [5.41, 5.74) is 2.54. The maximum absolute atomic E-state index is 12.5. The monoisotopic (exact) mass is 290 g/mol. The summed E-state index contributed by atoms with van der Waals surface area (Å²) < 4.78 is 0. The van der Waals surface area contributed by atoms with E-state index in [0.29, 0.717) is 12.5 Å². The predicted octanol–water partition coefficient (Wildman–Crippen LogP) is 2.72. The molecule has 1 aliphatic carbocycles. The fraction of sp³-hybridized carbons (Fsp3) is 0.588. The molecular weight excluding hydrogens is 264 g/mol. The van der Waals surface area contributed by atoms with Crippen LogP contribution in [-0.2, 0) is 6.42 Å². The van der Waals surface area contributed by atoms with E-state index < -0.39 is 6.10 Å². The van der Waals surface area contributed by atoms with Gasteiger partial charge in [-0.05, 0) is 44.2 Å². The third-order valence-corrected chi connectivity index (χ3v) is 4.13. The van der Waals surface area contributed by atoms with Gasteiger partial charge in [-0.15, -0.1) is 0 Å². The van der Waals surface area contributed by atoms with E-state index in [-0.39, 0.29) is 18.1 Å². The standard InChI is InChI=1S/C17H26N2O2/c1-11(2)19(10-13(4)20)17(21)18-16-12(3)9-14-7-5-6-8-15(14)16/h5-8,11-13,16,20H,9-10H2,1-4H3,(H,18,21). The van der Waals surface area contributed by atoms with Crippen LogP contribution in [0.15, 0.2) is 24.3 Å². The number of hydrogen-bond donors (Lipinski definition) is 2. The molecule has 0 aliphatic heterocycles. The van der Waals surface area contributed by atoms with E-state index in [0.717, 1.165) is 6.42 Å². The van der Waals surface area contributed by atoms with Crippen LogP contribution in [0.25, 0.3) is 0 Å². The summed E-state index contributed by atoms with van der Waals surface area (Å²) in [6, 6.07) is 8.32. The van der Waals surface area contributed by atoms with Crippen LogP contribution in [0.2, 0.25) is 0 Å². The number of aliphatic hydroxyl groups excluding tert-OH is 1. The number of nitrogens with zero attached hydrogens (tertiary/aromatic N) is 1. The molecule has 0 fully saturated rings. The third kappa shape index (κ3) is 3.56. The normalized spacial score (nSPS) is 22.0. The van der Waals surface area contributed by atoms with Gasteiger partial charge in [0.15, 0.2) is 0 Å². The van der Waals surface area contributed by atoms with Crippen LogP contribution in [0.4, 0.5) is 4.79 Å². The topological polar surface area (TPSA) is 52.6 Å². The smallest absolute Gasteiger partial charge is 0.318 e. The Balaban J connectivity index is 2.11. The Morgan fingerprint density at radius 3 is 2.67 bits per heavy atom. The molecule has 2 rings (SSSR count). The summed E-state index contributed by atoms with van der Waals surface area (Å²) in [6.45, 7) is 8.16. The van der Waals surface area contributed by atoms with Gasteiger partial charge in [-0.25, -0.2) is 4.79 Å². The third-order valence-electron chi connectivity index (χ3n) is 4.13. The highest BCUT2D eigenvalue weighted by molar-refractivity contribution is 5.75. The van der Waals surface area contributed by atoms with E-state index in [2.05, 4.69) is 24.4 Å². The summed E-state index contributed by atoms with van der Waals surface area (Å²) in [4.78, 5) is 14.2. The van der Waals surface area contributed by atoms with Gasteiger partial charge in [0.2, 0.25) is 0 Å². The van der Waals surface area contributed by atoms with E-state index in [1.165, 1.54) is 11.1 Å². The van der Waals surface area contributed by atoms with Gasteiger partial charge in [0.05, 0.1) is 12.1 Å². The van der Waals surface area contributed by atoms with Gasteiger partial charge in [0.1, 0.15) is 0 Å². The first kappa shape index (κ1) is 15.8. The van der Waals surface area contributed by atoms with Crippen molar-refractivity contribution in [2.24, 2.45) is 5.92 Å². The number of carbonyl (C=O) groups excluding carboxylic acids is 1. The fourth-order valence-electron chi connectivity index (χ4n) is 3.04. The average Bonchev–Trinajstić information content (AvgIpc) is 2.72. The summed E-state index contributed by atoms with van der Waals surface area (Å²) in [6.07, 6.45) is 0.477. The Morgan fingerprint density at radius 2 is 2.05 bits per heavy atom. The molecule has 0 bridgehead atoms. The molecule has 4 nitrogen and oxygen atoms in total. The van der Waals surface area contributed by atoms with Crippen LogP contribution in [0.5, 0.6) is 0 Å². The van der Waals surface area contributed by atoms with Crippen LogP contribution >= 0.6 is 0 Å². The molecule has 0 aromatic heterocycles. The number of hydrogen-bond acceptors (Lipinski definition) is 2. The summed E-state index contributed by atoms with van der Waals surface area (Å²) >= 11 is 0. The lowest BCUT2D eigenvalue weighted by molar-refractivity contribution is 0.116. The summed E-state index contributed by atoms with van der Waals surface area (Å²) in [5, 5.41) is 12.7. The molecule has 1 aromatic rings. The van der Waals surface area contributed by atoms with E-state index in [1.54, 1.807) is 11.8 Å². The minimum absolute atomic E-state index is 0.0592. The van der Waals surface area contributed by atoms with Crippen molar-refractivity contribution in [2.45, 2.75) is 52.3 Å². The number of rotatable bonds is 4. The number of carbonyl (C=O) groups is 1. The summed E-state index contributed by atoms with van der Waals surface area (Å²) in [7, 11) is 0. The maximum Gasteiger partial charge on any atom is 0.318 e. The molecule has 0 heterocycles. The second-order valence-electron chi connectivity index (χ2n) is 6.40. The molecule has 1 aliphatic rings. The zero-order chi connectivity index (χ0) is 15.6. The van der Waals surface area contributed by atoms with Crippen LogP contribution in [0, 0.1) is 5.92 Å². The van der Waals surface area contributed by atoms with Crippen molar-refractivity contribution in [1.29, 1.82) is 0 Å². The number of benzene rings is 1. The molecule has 2 N–H and O–H groups in total. The first-order valence-electron chi connectivity index (χ1n) is 7.73. The lowest BCUT2D eigenvalue weighted by Crippen LogP contribution is -2.48. The van der Waals surface area contributed by atoms with Crippen molar-refractivity contribution in [2.75, 3.05) is 6.54 Å². The largest absolute Gasteiger partial charge is 0.392 e. The zero-order valence-corrected chi connectivity index (χ0v) is 13.3. The number of fused-ring (bicyclic) bond motifs is 1. The minimum Gasteiger partial charge on any atom is -0.392 e. The first-order valence-corrected chi connectivity index (χ1v) is 7.73. The Bertz CT molecular complexity index is 499. The van der Waals surface area contributed by atoms with Crippen LogP contribution in [0.3, 0.4) is 0 Å². The highest BCUT2D eigenvalue weighted by Crippen LogP contribution is 2.35. The Labute approximate surface area is 127 Å². The Morgan fingerprint density at radius 1 is 1.38 bits per heavy atom. The molecule has 3 atom stereocenters. The number of amides is 2. The van der Waals surface area contributed by atoms with Crippen molar-refractivity contribution in [1.82, 2.24) is 10.2 Å². The van der Waals surface area contributed by atoms with Crippen molar-refractivity contribution < 1.29 is 9.90 Å². The van der Waals surface area contributed by atoms with E-state index >= 15 is 0 Å². The highest BCUT2D eigenvalue weighted by atomic mass is 16.3. The average molecular weight is 290 g/mol. The molecule has 0 spiro atoms. The van der Waals surface area contributed by atoms with Gasteiger partial charge >= 0.3 is 6.03 Å². The van der Waals surface area contributed by atoms with Gasteiger partial charge in [-0.2, -0.15) is 0 Å². The minimum atomic E-state index is -0.522. The molecule has 0 saturated carbocycles. The zero-order valence-electron chi connectivity index (χ0n) is 13.3. The van der Waals surface area contributed by atoms with Crippen molar-refractivity contribution in [3.8, 4) is 0 Å². The van der Waals surface area contributed by atoms with Gasteiger partial charge in [-0.1, -0.05) is 31.2 Å². The number of aliphatic hydroxyl groups is 1. The molecular formula is C17H26N2O2. The molecule has 21 heavy (non-hydrogen) atoms. The molecule has 0 saturated heterocycles. The van der Waals surface area contributed by atoms with Crippen LogP contribution in [-0.4, -0.2) is 34.7 Å². The second-order valence-corrected chi connectivity index (χ2v) is 6.40. The van der Waals surface area contributed by atoms with Gasteiger partial charge in [0, 0.05) is 12.6 Å². The quantitative estimate of drug-likeness (QED) is 0.896. The second kappa shape index (κ2) is 6.48. The fourth-order valence-corrected chi connectivity index (χ4v) is 3.04. The molecule has 3 unspecified atom stereocenters. The van der Waals surface area contributed by atoms with Gasteiger partial charge in [-0.3, -0.25) is 0 Å². The first-order chi connectivity index (χ1) is 9.90.